The van der Waals surface area contributed by atoms with Crippen LogP contribution in [0.25, 0.3) is 0 Å². The second kappa shape index (κ2) is 7.65. The zero-order valence-electron chi connectivity index (χ0n) is 10.2. The van der Waals surface area contributed by atoms with Crippen molar-refractivity contribution in [2.45, 2.75) is 46.2 Å². The Balaban J connectivity index is 3.80. The van der Waals surface area contributed by atoms with E-state index in [2.05, 4.69) is 19.2 Å². The third-order valence-corrected chi connectivity index (χ3v) is 2.02. The van der Waals surface area contributed by atoms with Gasteiger partial charge in [0.1, 0.15) is 0 Å². The van der Waals surface area contributed by atoms with Gasteiger partial charge in [0.15, 0.2) is 0 Å². The summed E-state index contributed by atoms with van der Waals surface area (Å²) in [5.74, 6) is 0.351. The molecule has 0 aromatic carbocycles. The van der Waals surface area contributed by atoms with E-state index in [0.29, 0.717) is 25.6 Å². The van der Waals surface area contributed by atoms with E-state index in [1.165, 1.54) is 0 Å². The first-order chi connectivity index (χ1) is 6.97. The van der Waals surface area contributed by atoms with E-state index in [1.54, 1.807) is 0 Å². The van der Waals surface area contributed by atoms with Gasteiger partial charge in [-0.25, -0.2) is 0 Å². The number of hydrogen-bond donors (Lipinski definition) is 2. The molecule has 0 aliphatic heterocycles. The summed E-state index contributed by atoms with van der Waals surface area (Å²) in [7, 11) is 0. The van der Waals surface area contributed by atoms with Crippen LogP contribution in [0.5, 0.6) is 0 Å². The average Bonchev–Trinajstić information content (AvgIpc) is 2.13. The average molecular weight is 216 g/mol. The van der Waals surface area contributed by atoms with Gasteiger partial charge in [0.2, 0.25) is 5.91 Å². The number of rotatable bonds is 7. The summed E-state index contributed by atoms with van der Waals surface area (Å²) in [6, 6.07) is -0.385. The van der Waals surface area contributed by atoms with Crippen LogP contribution in [-0.4, -0.2) is 31.2 Å². The van der Waals surface area contributed by atoms with Crippen molar-refractivity contribution < 1.29 is 9.53 Å². The van der Waals surface area contributed by atoms with Crippen LogP contribution in [0.1, 0.15) is 34.1 Å². The van der Waals surface area contributed by atoms with Crippen molar-refractivity contribution >= 4 is 5.91 Å². The lowest BCUT2D eigenvalue weighted by molar-refractivity contribution is -0.123. The first kappa shape index (κ1) is 14.4. The Morgan fingerprint density at radius 3 is 2.47 bits per heavy atom. The molecule has 3 N–H and O–H groups in total. The lowest BCUT2D eigenvalue weighted by Crippen LogP contribution is -2.46. The molecule has 0 fully saturated rings. The molecule has 15 heavy (non-hydrogen) atoms. The standard InChI is InChI=1S/C11H24N2O2/c1-5-15-7-9(4)13-11(14)10(12)6-8(2)3/h8-10H,5-7,12H2,1-4H3,(H,13,14)/t9?,10-/m1/s1. The van der Waals surface area contributed by atoms with Crippen molar-refractivity contribution in [2.24, 2.45) is 11.7 Å². The normalized spacial score (nSPS) is 15.1. The van der Waals surface area contributed by atoms with Crippen LogP contribution in [0.15, 0.2) is 0 Å². The molecule has 4 heteroatoms. The van der Waals surface area contributed by atoms with Crippen LogP contribution in [0.3, 0.4) is 0 Å². The Morgan fingerprint density at radius 1 is 1.40 bits per heavy atom. The molecule has 0 saturated heterocycles. The van der Waals surface area contributed by atoms with Crippen LogP contribution >= 0.6 is 0 Å². The SMILES string of the molecule is CCOCC(C)NC(=O)[C@H](N)CC(C)C. The first-order valence-electron chi connectivity index (χ1n) is 5.61. The molecule has 1 unspecified atom stereocenters. The zero-order chi connectivity index (χ0) is 11.8. The predicted molar refractivity (Wildman–Crippen MR) is 61.5 cm³/mol. The van der Waals surface area contributed by atoms with Gasteiger partial charge in [0, 0.05) is 12.6 Å². The van der Waals surface area contributed by atoms with Crippen molar-refractivity contribution in [2.75, 3.05) is 13.2 Å². The molecule has 0 aliphatic rings. The monoisotopic (exact) mass is 216 g/mol. The van der Waals surface area contributed by atoms with Gasteiger partial charge in [-0.2, -0.15) is 0 Å². The number of hydrogen-bond acceptors (Lipinski definition) is 3. The number of amides is 1. The van der Waals surface area contributed by atoms with Gasteiger partial charge in [-0.1, -0.05) is 13.8 Å². The van der Waals surface area contributed by atoms with Crippen molar-refractivity contribution in [1.29, 1.82) is 0 Å². The van der Waals surface area contributed by atoms with Gasteiger partial charge < -0.3 is 15.8 Å². The van der Waals surface area contributed by atoms with E-state index < -0.39 is 6.04 Å². The van der Waals surface area contributed by atoms with Crippen molar-refractivity contribution in [3.8, 4) is 0 Å². The third-order valence-electron chi connectivity index (χ3n) is 2.02. The largest absolute Gasteiger partial charge is 0.380 e. The number of carbonyl (C=O) groups excluding carboxylic acids is 1. The molecule has 90 valence electrons. The molecule has 0 aromatic heterocycles. The predicted octanol–water partition coefficient (Wildman–Crippen LogP) is 0.901. The third kappa shape index (κ3) is 7.33. The summed E-state index contributed by atoms with van der Waals surface area (Å²) in [4.78, 5) is 11.6. The highest BCUT2D eigenvalue weighted by Gasteiger charge is 2.16. The quantitative estimate of drug-likeness (QED) is 0.664. The molecule has 0 saturated carbocycles. The van der Waals surface area contributed by atoms with Gasteiger partial charge >= 0.3 is 0 Å². The van der Waals surface area contributed by atoms with Crippen molar-refractivity contribution in [1.82, 2.24) is 5.32 Å². The number of nitrogens with one attached hydrogen (secondary N) is 1. The molecule has 2 atom stereocenters. The molecular formula is C11H24N2O2. The maximum absolute atomic E-state index is 11.6. The number of carbonyl (C=O) groups is 1. The second-order valence-electron chi connectivity index (χ2n) is 4.31. The van der Waals surface area contributed by atoms with Crippen LogP contribution in [0.4, 0.5) is 0 Å². The lowest BCUT2D eigenvalue weighted by Gasteiger charge is -2.18. The van der Waals surface area contributed by atoms with E-state index in [-0.39, 0.29) is 11.9 Å². The molecule has 0 aromatic rings. The van der Waals surface area contributed by atoms with Crippen molar-refractivity contribution in [3.05, 3.63) is 0 Å². The maximum Gasteiger partial charge on any atom is 0.237 e. The highest BCUT2D eigenvalue weighted by Crippen LogP contribution is 2.02. The fourth-order valence-corrected chi connectivity index (χ4v) is 1.30. The van der Waals surface area contributed by atoms with E-state index in [4.69, 9.17) is 10.5 Å². The molecular weight excluding hydrogens is 192 g/mol. The molecule has 0 rings (SSSR count). The summed E-state index contributed by atoms with van der Waals surface area (Å²) in [6.07, 6.45) is 0.715. The van der Waals surface area contributed by atoms with Gasteiger partial charge in [-0.05, 0) is 26.2 Å². The van der Waals surface area contributed by atoms with Gasteiger partial charge in [-0.15, -0.1) is 0 Å². The summed E-state index contributed by atoms with van der Waals surface area (Å²) >= 11 is 0. The Hall–Kier alpha value is -0.610. The number of ether oxygens (including phenoxy) is 1. The fraction of sp³-hybridized carbons (Fsp3) is 0.909. The van der Waals surface area contributed by atoms with Gasteiger partial charge in [0.25, 0.3) is 0 Å². The van der Waals surface area contributed by atoms with Crippen LogP contribution in [0.2, 0.25) is 0 Å². The maximum atomic E-state index is 11.6. The van der Waals surface area contributed by atoms with Crippen LogP contribution in [0, 0.1) is 5.92 Å². The van der Waals surface area contributed by atoms with Crippen LogP contribution in [-0.2, 0) is 9.53 Å². The molecule has 1 amide bonds. The lowest BCUT2D eigenvalue weighted by atomic mass is 10.0. The molecule has 0 bridgehead atoms. The molecule has 0 heterocycles. The van der Waals surface area contributed by atoms with Gasteiger partial charge in [0.05, 0.1) is 12.6 Å². The first-order valence-corrected chi connectivity index (χ1v) is 5.61. The van der Waals surface area contributed by atoms with Crippen LogP contribution < -0.4 is 11.1 Å². The minimum atomic E-state index is -0.408. The van der Waals surface area contributed by atoms with Crippen molar-refractivity contribution in [3.63, 3.8) is 0 Å². The summed E-state index contributed by atoms with van der Waals surface area (Å²) in [5, 5.41) is 2.83. The topological polar surface area (TPSA) is 64.3 Å². The minimum Gasteiger partial charge on any atom is -0.380 e. The second-order valence-corrected chi connectivity index (χ2v) is 4.31. The molecule has 0 radical (unpaired) electrons. The van der Waals surface area contributed by atoms with Gasteiger partial charge in [-0.3, -0.25) is 4.79 Å². The Kier molecular flexibility index (Phi) is 7.34. The zero-order valence-corrected chi connectivity index (χ0v) is 10.2. The van der Waals surface area contributed by atoms with E-state index in [0.717, 1.165) is 0 Å². The Morgan fingerprint density at radius 2 is 2.00 bits per heavy atom. The molecule has 4 nitrogen and oxygen atoms in total. The molecule has 0 spiro atoms. The summed E-state index contributed by atoms with van der Waals surface area (Å²) in [5.41, 5.74) is 5.74. The fourth-order valence-electron chi connectivity index (χ4n) is 1.30. The Bertz CT molecular complexity index is 183. The smallest absolute Gasteiger partial charge is 0.237 e. The highest BCUT2D eigenvalue weighted by atomic mass is 16.5. The number of nitrogens with two attached hydrogens (primary N) is 1. The Labute approximate surface area is 92.6 Å². The molecule has 0 aliphatic carbocycles. The van der Waals surface area contributed by atoms with E-state index in [1.807, 2.05) is 13.8 Å². The summed E-state index contributed by atoms with van der Waals surface area (Å²) in [6.45, 7) is 9.15. The summed E-state index contributed by atoms with van der Waals surface area (Å²) < 4.78 is 5.20. The minimum absolute atomic E-state index is 0.0238. The van der Waals surface area contributed by atoms with E-state index >= 15 is 0 Å². The highest BCUT2D eigenvalue weighted by molar-refractivity contribution is 5.81. The van der Waals surface area contributed by atoms with E-state index in [9.17, 15) is 4.79 Å².